The number of amides is 3. The number of carbonyl (C=O) groups is 4. The summed E-state index contributed by atoms with van der Waals surface area (Å²) in [4.78, 5) is 51.3. The van der Waals surface area contributed by atoms with Crippen LogP contribution in [0, 0.1) is 0 Å². The second-order valence-electron chi connectivity index (χ2n) is 8.40. The van der Waals surface area contributed by atoms with Gasteiger partial charge in [-0.05, 0) is 44.7 Å². The number of likely N-dealkylation sites (tertiary alicyclic amines) is 1. The number of rotatable bonds is 12. The van der Waals surface area contributed by atoms with Gasteiger partial charge in [0.2, 0.25) is 17.7 Å². The van der Waals surface area contributed by atoms with Crippen molar-refractivity contribution >= 4 is 23.7 Å². The molecule has 2 rings (SSSR count). The zero-order valence-electron chi connectivity index (χ0n) is 19.0. The molecule has 1 aromatic rings. The molecule has 1 saturated heterocycles. The highest BCUT2D eigenvalue weighted by Crippen LogP contribution is 2.20. The van der Waals surface area contributed by atoms with E-state index >= 15 is 0 Å². The highest BCUT2D eigenvalue weighted by Gasteiger charge is 2.38. The Morgan fingerprint density at radius 1 is 1.15 bits per heavy atom. The van der Waals surface area contributed by atoms with Crippen molar-refractivity contribution in [2.45, 2.75) is 69.6 Å². The van der Waals surface area contributed by atoms with Gasteiger partial charge in [0.15, 0.2) is 0 Å². The Bertz CT molecular complexity index is 819. The Balaban J connectivity index is 2.15. The minimum atomic E-state index is -1.16. The van der Waals surface area contributed by atoms with Crippen molar-refractivity contribution in [3.8, 4) is 0 Å². The molecule has 0 bridgehead atoms. The van der Waals surface area contributed by atoms with Crippen LogP contribution in [0.5, 0.6) is 0 Å². The molecular formula is C23H35N5O5. The highest BCUT2D eigenvalue weighted by atomic mass is 16.4. The highest BCUT2D eigenvalue weighted by molar-refractivity contribution is 5.94. The Hall–Kier alpha value is -2.98. The molecule has 182 valence electrons. The second kappa shape index (κ2) is 12.9. The second-order valence-corrected chi connectivity index (χ2v) is 8.40. The third-order valence-corrected chi connectivity index (χ3v) is 5.77. The first-order valence-corrected chi connectivity index (χ1v) is 11.4. The summed E-state index contributed by atoms with van der Waals surface area (Å²) < 4.78 is 0. The third-order valence-electron chi connectivity index (χ3n) is 5.77. The standard InChI is InChI=1S/C23H35N5O5/c1-15(23(32)33)26-21(30)19-11-7-13-28(19)22(31)18(14-16-8-3-2-4-9-16)27-20(29)17(25)10-5-6-12-24/h2-4,8-9,15,17-19H,5-7,10-14,24-25H2,1H3,(H,26,30)(H,27,29)(H,32,33). The van der Waals surface area contributed by atoms with Crippen LogP contribution in [0.1, 0.15) is 44.6 Å². The molecule has 7 N–H and O–H groups in total. The number of aliphatic carboxylic acids is 1. The van der Waals surface area contributed by atoms with Crippen molar-refractivity contribution in [3.05, 3.63) is 35.9 Å². The van der Waals surface area contributed by atoms with Crippen LogP contribution in [-0.2, 0) is 25.6 Å². The molecule has 0 aliphatic carbocycles. The van der Waals surface area contributed by atoms with E-state index in [1.165, 1.54) is 11.8 Å². The molecule has 1 aliphatic rings. The summed E-state index contributed by atoms with van der Waals surface area (Å²) in [5.41, 5.74) is 12.4. The van der Waals surface area contributed by atoms with Gasteiger partial charge in [-0.3, -0.25) is 19.2 Å². The Labute approximate surface area is 194 Å². The lowest BCUT2D eigenvalue weighted by molar-refractivity contribution is -0.144. The SMILES string of the molecule is CC(NC(=O)C1CCCN1C(=O)C(Cc1ccccc1)NC(=O)C(N)CCCCN)C(=O)O. The molecule has 4 unspecified atom stereocenters. The number of nitrogens with zero attached hydrogens (tertiary/aromatic N) is 1. The van der Waals surface area contributed by atoms with E-state index in [0.717, 1.165) is 12.0 Å². The molecule has 4 atom stereocenters. The first-order chi connectivity index (χ1) is 15.7. The molecule has 3 amide bonds. The van der Waals surface area contributed by atoms with E-state index in [4.69, 9.17) is 16.6 Å². The normalized spacial score (nSPS) is 18.3. The maximum atomic E-state index is 13.5. The van der Waals surface area contributed by atoms with E-state index in [1.807, 2.05) is 30.3 Å². The summed E-state index contributed by atoms with van der Waals surface area (Å²) in [6.07, 6.45) is 3.20. The van der Waals surface area contributed by atoms with E-state index in [0.29, 0.717) is 38.8 Å². The van der Waals surface area contributed by atoms with Gasteiger partial charge in [0.25, 0.3) is 0 Å². The monoisotopic (exact) mass is 461 g/mol. The first kappa shape index (κ1) is 26.3. The van der Waals surface area contributed by atoms with Crippen LogP contribution in [-0.4, -0.2) is 71.0 Å². The number of hydrogen-bond acceptors (Lipinski definition) is 6. The minimum Gasteiger partial charge on any atom is -0.480 e. The van der Waals surface area contributed by atoms with Gasteiger partial charge in [-0.15, -0.1) is 0 Å². The Morgan fingerprint density at radius 3 is 2.48 bits per heavy atom. The number of nitrogens with one attached hydrogen (secondary N) is 2. The number of carbonyl (C=O) groups excluding carboxylic acids is 3. The Kier molecular flexibility index (Phi) is 10.3. The molecule has 0 saturated carbocycles. The third kappa shape index (κ3) is 7.83. The Morgan fingerprint density at radius 2 is 1.85 bits per heavy atom. The maximum Gasteiger partial charge on any atom is 0.325 e. The fourth-order valence-electron chi connectivity index (χ4n) is 3.84. The summed E-state index contributed by atoms with van der Waals surface area (Å²) in [7, 11) is 0. The van der Waals surface area contributed by atoms with Crippen LogP contribution in [0.25, 0.3) is 0 Å². The van der Waals surface area contributed by atoms with Gasteiger partial charge in [-0.25, -0.2) is 0 Å². The van der Waals surface area contributed by atoms with E-state index in [2.05, 4.69) is 10.6 Å². The van der Waals surface area contributed by atoms with Crippen LogP contribution in [0.3, 0.4) is 0 Å². The molecule has 0 spiro atoms. The topological polar surface area (TPSA) is 168 Å². The van der Waals surface area contributed by atoms with E-state index in [1.54, 1.807) is 0 Å². The van der Waals surface area contributed by atoms with Crippen molar-refractivity contribution in [2.75, 3.05) is 13.1 Å². The molecule has 1 aromatic carbocycles. The van der Waals surface area contributed by atoms with Crippen LogP contribution in [0.2, 0.25) is 0 Å². The summed E-state index contributed by atoms with van der Waals surface area (Å²) in [6.45, 7) is 2.23. The van der Waals surface area contributed by atoms with E-state index < -0.39 is 42.0 Å². The zero-order chi connectivity index (χ0) is 24.4. The average Bonchev–Trinajstić information content (AvgIpc) is 3.28. The number of nitrogens with two attached hydrogens (primary N) is 2. The smallest absolute Gasteiger partial charge is 0.325 e. The molecule has 0 radical (unpaired) electrons. The number of carboxylic acid groups (broad SMARTS) is 1. The molecule has 1 heterocycles. The molecular weight excluding hydrogens is 426 g/mol. The van der Waals surface area contributed by atoms with Crippen LogP contribution < -0.4 is 22.1 Å². The van der Waals surface area contributed by atoms with Crippen molar-refractivity contribution in [2.24, 2.45) is 11.5 Å². The first-order valence-electron chi connectivity index (χ1n) is 11.4. The van der Waals surface area contributed by atoms with E-state index in [-0.39, 0.29) is 12.3 Å². The summed E-state index contributed by atoms with van der Waals surface area (Å²) in [6, 6.07) is 5.74. The fraction of sp³-hybridized carbons (Fsp3) is 0.565. The van der Waals surface area contributed by atoms with Gasteiger partial charge in [0.05, 0.1) is 6.04 Å². The number of unbranched alkanes of at least 4 members (excludes halogenated alkanes) is 1. The lowest BCUT2D eigenvalue weighted by Gasteiger charge is -2.30. The fourth-order valence-corrected chi connectivity index (χ4v) is 3.84. The van der Waals surface area contributed by atoms with Gasteiger partial charge >= 0.3 is 5.97 Å². The lowest BCUT2D eigenvalue weighted by atomic mass is 10.0. The van der Waals surface area contributed by atoms with Crippen LogP contribution in [0.15, 0.2) is 30.3 Å². The van der Waals surface area contributed by atoms with E-state index in [9.17, 15) is 19.2 Å². The van der Waals surface area contributed by atoms with Crippen molar-refractivity contribution in [1.29, 1.82) is 0 Å². The van der Waals surface area contributed by atoms with Crippen molar-refractivity contribution in [3.63, 3.8) is 0 Å². The van der Waals surface area contributed by atoms with Crippen LogP contribution in [0.4, 0.5) is 0 Å². The van der Waals surface area contributed by atoms with Gasteiger partial charge in [-0.1, -0.05) is 36.8 Å². The minimum absolute atomic E-state index is 0.247. The number of hydrogen-bond donors (Lipinski definition) is 5. The molecule has 10 nitrogen and oxygen atoms in total. The van der Waals surface area contributed by atoms with Crippen LogP contribution >= 0.6 is 0 Å². The van der Waals surface area contributed by atoms with Gasteiger partial charge in [0.1, 0.15) is 18.1 Å². The summed E-state index contributed by atoms with van der Waals surface area (Å²) in [5, 5.41) is 14.3. The zero-order valence-corrected chi connectivity index (χ0v) is 19.0. The molecule has 1 aliphatic heterocycles. The van der Waals surface area contributed by atoms with Gasteiger partial charge < -0.3 is 32.1 Å². The van der Waals surface area contributed by atoms with Crippen molar-refractivity contribution in [1.82, 2.24) is 15.5 Å². The number of carboxylic acids is 1. The summed E-state index contributed by atoms with van der Waals surface area (Å²) in [5.74, 6) is -2.49. The lowest BCUT2D eigenvalue weighted by Crippen LogP contribution is -2.57. The number of benzene rings is 1. The predicted octanol–water partition coefficient (Wildman–Crippen LogP) is -0.249. The summed E-state index contributed by atoms with van der Waals surface area (Å²) >= 11 is 0. The molecule has 0 aromatic heterocycles. The molecule has 1 fully saturated rings. The quantitative estimate of drug-likeness (QED) is 0.267. The van der Waals surface area contributed by atoms with Crippen molar-refractivity contribution < 1.29 is 24.3 Å². The van der Waals surface area contributed by atoms with Gasteiger partial charge in [0, 0.05) is 13.0 Å². The predicted molar refractivity (Wildman–Crippen MR) is 123 cm³/mol. The largest absolute Gasteiger partial charge is 0.480 e. The maximum absolute atomic E-state index is 13.5. The average molecular weight is 462 g/mol. The van der Waals surface area contributed by atoms with Gasteiger partial charge in [-0.2, -0.15) is 0 Å². The molecule has 33 heavy (non-hydrogen) atoms. The molecule has 10 heteroatoms.